The van der Waals surface area contributed by atoms with Crippen molar-refractivity contribution in [2.45, 2.75) is 84.5 Å². The molecule has 3 amide bonds. The minimum atomic E-state index is -0.904. The monoisotopic (exact) mass is 573 g/mol. The van der Waals surface area contributed by atoms with Gasteiger partial charge in [-0.3, -0.25) is 9.59 Å². The van der Waals surface area contributed by atoms with Gasteiger partial charge in [0.1, 0.15) is 17.7 Å². The van der Waals surface area contributed by atoms with Crippen LogP contribution in [0.4, 0.5) is 10.5 Å². The molecular formula is C30H40ClN3O4S. The topological polar surface area (TPSA) is 87.7 Å². The van der Waals surface area contributed by atoms with Crippen molar-refractivity contribution in [2.75, 3.05) is 17.3 Å². The first-order valence-corrected chi connectivity index (χ1v) is 15.0. The quantitative estimate of drug-likeness (QED) is 0.335. The molecule has 0 aromatic heterocycles. The number of halogens is 1. The fraction of sp³-hybridized carbons (Fsp3) is 0.500. The number of thioether (sulfide) groups is 1. The minimum absolute atomic E-state index is 0.112. The lowest BCUT2D eigenvalue weighted by Gasteiger charge is -2.35. The van der Waals surface area contributed by atoms with Crippen LogP contribution in [0.2, 0.25) is 5.02 Å². The Labute approximate surface area is 241 Å². The van der Waals surface area contributed by atoms with Gasteiger partial charge in [-0.1, -0.05) is 47.5 Å². The molecule has 1 saturated carbocycles. The number of anilines is 1. The van der Waals surface area contributed by atoms with Gasteiger partial charge < -0.3 is 20.3 Å². The molecule has 0 heterocycles. The lowest BCUT2D eigenvalue weighted by Crippen LogP contribution is -2.53. The molecule has 1 aliphatic carbocycles. The van der Waals surface area contributed by atoms with Gasteiger partial charge in [-0.05, 0) is 95.6 Å². The number of carbonyl (C=O) groups is 3. The second kappa shape index (κ2) is 13.1. The molecule has 2 N–H and O–H groups in total. The molecule has 0 radical (unpaired) electrons. The van der Waals surface area contributed by atoms with E-state index < -0.39 is 23.8 Å². The molecule has 2 aromatic rings. The number of nitrogens with one attached hydrogen (secondary N) is 2. The lowest BCUT2D eigenvalue weighted by atomic mass is 9.96. The summed E-state index contributed by atoms with van der Waals surface area (Å²) >= 11 is 8.04. The molecular weight excluding hydrogens is 534 g/mol. The van der Waals surface area contributed by atoms with Gasteiger partial charge in [0, 0.05) is 6.04 Å². The second-order valence-electron chi connectivity index (χ2n) is 11.1. The van der Waals surface area contributed by atoms with Crippen LogP contribution < -0.4 is 10.6 Å². The van der Waals surface area contributed by atoms with E-state index in [2.05, 4.69) is 10.6 Å². The van der Waals surface area contributed by atoms with Crippen molar-refractivity contribution in [3.05, 3.63) is 63.7 Å². The van der Waals surface area contributed by atoms with Gasteiger partial charge in [0.15, 0.2) is 0 Å². The standard InChI is InChI=1S/C30H40ClN3O4S/c1-18-11-14-22(20(3)17-18)26(27(35)33-25-19(2)9-8-10-23(25)31)34(21-12-13-21)28(36)24(15-16-39-7)32-29(37)38-30(4,5)6/h8-11,14,17,21,24,26H,12-13,15-16H2,1-7H3,(H,32,37)(H,33,35). The number of rotatable bonds is 10. The summed E-state index contributed by atoms with van der Waals surface area (Å²) in [5, 5.41) is 6.23. The Morgan fingerprint density at radius 3 is 2.36 bits per heavy atom. The van der Waals surface area contributed by atoms with E-state index in [1.807, 2.05) is 57.4 Å². The van der Waals surface area contributed by atoms with Gasteiger partial charge in [-0.25, -0.2) is 4.79 Å². The summed E-state index contributed by atoms with van der Waals surface area (Å²) in [4.78, 5) is 42.7. The molecule has 212 valence electrons. The maximum atomic E-state index is 14.3. The van der Waals surface area contributed by atoms with E-state index >= 15 is 0 Å². The maximum absolute atomic E-state index is 14.3. The van der Waals surface area contributed by atoms with E-state index in [1.165, 1.54) is 0 Å². The van der Waals surface area contributed by atoms with E-state index in [4.69, 9.17) is 16.3 Å². The molecule has 9 heteroatoms. The SMILES string of the molecule is CSCCC(NC(=O)OC(C)(C)C)C(=O)N(C1CC1)C(C(=O)Nc1c(C)cccc1Cl)c1ccc(C)cc1C. The number of carbonyl (C=O) groups excluding carboxylic acids is 3. The second-order valence-corrected chi connectivity index (χ2v) is 12.5. The lowest BCUT2D eigenvalue weighted by molar-refractivity contribution is -0.141. The van der Waals surface area contributed by atoms with Crippen molar-refractivity contribution in [1.82, 2.24) is 10.2 Å². The third kappa shape index (κ3) is 8.39. The molecule has 2 atom stereocenters. The third-order valence-corrected chi connectivity index (χ3v) is 7.47. The summed E-state index contributed by atoms with van der Waals surface area (Å²) in [6, 6.07) is 9.44. The maximum Gasteiger partial charge on any atom is 0.408 e. The van der Waals surface area contributed by atoms with E-state index in [9.17, 15) is 14.4 Å². The average Bonchev–Trinajstić information content (AvgIpc) is 3.66. The van der Waals surface area contributed by atoms with Crippen molar-refractivity contribution in [3.63, 3.8) is 0 Å². The van der Waals surface area contributed by atoms with E-state index in [1.54, 1.807) is 43.5 Å². The van der Waals surface area contributed by atoms with Crippen LogP contribution in [0.25, 0.3) is 0 Å². The van der Waals surface area contributed by atoms with Crippen LogP contribution in [-0.4, -0.2) is 52.5 Å². The summed E-state index contributed by atoms with van der Waals surface area (Å²) < 4.78 is 5.46. The van der Waals surface area contributed by atoms with Crippen molar-refractivity contribution in [1.29, 1.82) is 0 Å². The normalized spacial score (nSPS) is 14.8. The smallest absolute Gasteiger partial charge is 0.408 e. The van der Waals surface area contributed by atoms with Gasteiger partial charge in [0.25, 0.3) is 5.91 Å². The van der Waals surface area contributed by atoms with Crippen LogP contribution in [0.1, 0.15) is 68.3 Å². The molecule has 2 aromatic carbocycles. The molecule has 0 saturated heterocycles. The molecule has 1 fully saturated rings. The number of para-hydroxylation sites is 1. The first kappa shape index (κ1) is 30.8. The van der Waals surface area contributed by atoms with Gasteiger partial charge in [0.05, 0.1) is 10.7 Å². The number of nitrogens with zero attached hydrogens (tertiary/aromatic N) is 1. The molecule has 2 unspecified atom stereocenters. The highest BCUT2D eigenvalue weighted by molar-refractivity contribution is 7.98. The fourth-order valence-corrected chi connectivity index (χ4v) is 5.27. The predicted octanol–water partition coefficient (Wildman–Crippen LogP) is 6.58. The van der Waals surface area contributed by atoms with Crippen LogP contribution in [0, 0.1) is 20.8 Å². The number of amides is 3. The Bertz CT molecular complexity index is 1190. The largest absolute Gasteiger partial charge is 0.444 e. The zero-order valence-corrected chi connectivity index (χ0v) is 25.5. The van der Waals surface area contributed by atoms with Crippen molar-refractivity contribution >= 4 is 47.0 Å². The Balaban J connectivity index is 2.04. The molecule has 0 aliphatic heterocycles. The highest BCUT2D eigenvalue weighted by atomic mass is 35.5. The number of aryl methyl sites for hydroxylation is 3. The summed E-state index contributed by atoms with van der Waals surface area (Å²) in [5.41, 5.74) is 3.35. The Morgan fingerprint density at radius 1 is 1.10 bits per heavy atom. The molecule has 7 nitrogen and oxygen atoms in total. The first-order valence-electron chi connectivity index (χ1n) is 13.3. The third-order valence-electron chi connectivity index (χ3n) is 6.51. The highest BCUT2D eigenvalue weighted by Gasteiger charge is 2.44. The zero-order valence-electron chi connectivity index (χ0n) is 23.9. The number of hydrogen-bond donors (Lipinski definition) is 2. The van der Waals surface area contributed by atoms with E-state index in [-0.39, 0.29) is 17.9 Å². The first-order chi connectivity index (χ1) is 18.3. The molecule has 1 aliphatic rings. The van der Waals surface area contributed by atoms with Crippen LogP contribution in [0.3, 0.4) is 0 Å². The van der Waals surface area contributed by atoms with Gasteiger partial charge in [-0.15, -0.1) is 0 Å². The van der Waals surface area contributed by atoms with Crippen LogP contribution in [0.15, 0.2) is 36.4 Å². The van der Waals surface area contributed by atoms with Gasteiger partial charge in [-0.2, -0.15) is 11.8 Å². The number of alkyl carbamates (subject to hydrolysis) is 1. The number of ether oxygens (including phenoxy) is 1. The molecule has 0 spiro atoms. The highest BCUT2D eigenvalue weighted by Crippen LogP contribution is 2.38. The van der Waals surface area contributed by atoms with Crippen LogP contribution in [-0.2, 0) is 14.3 Å². The van der Waals surface area contributed by atoms with E-state index in [0.29, 0.717) is 22.9 Å². The van der Waals surface area contributed by atoms with E-state index in [0.717, 1.165) is 35.1 Å². The molecule has 0 bridgehead atoms. The van der Waals surface area contributed by atoms with Crippen molar-refractivity contribution < 1.29 is 19.1 Å². The summed E-state index contributed by atoms with van der Waals surface area (Å²) in [5.74, 6) is 0.0111. The summed E-state index contributed by atoms with van der Waals surface area (Å²) in [6.45, 7) is 11.1. The van der Waals surface area contributed by atoms with Crippen LogP contribution >= 0.6 is 23.4 Å². The van der Waals surface area contributed by atoms with Crippen molar-refractivity contribution in [3.8, 4) is 0 Å². The molecule has 3 rings (SSSR count). The Morgan fingerprint density at radius 2 is 1.79 bits per heavy atom. The number of benzene rings is 2. The van der Waals surface area contributed by atoms with Gasteiger partial charge in [0.2, 0.25) is 5.91 Å². The van der Waals surface area contributed by atoms with Gasteiger partial charge >= 0.3 is 6.09 Å². The summed E-state index contributed by atoms with van der Waals surface area (Å²) in [6.07, 6.45) is 3.27. The molecule has 39 heavy (non-hydrogen) atoms. The fourth-order valence-electron chi connectivity index (χ4n) is 4.53. The number of hydrogen-bond acceptors (Lipinski definition) is 5. The average molecular weight is 574 g/mol. The Hall–Kier alpha value is -2.71. The van der Waals surface area contributed by atoms with Crippen molar-refractivity contribution in [2.24, 2.45) is 0 Å². The zero-order chi connectivity index (χ0) is 28.9. The predicted molar refractivity (Wildman–Crippen MR) is 160 cm³/mol. The minimum Gasteiger partial charge on any atom is -0.444 e. The Kier molecular flexibility index (Phi) is 10.4. The van der Waals surface area contributed by atoms with Crippen LogP contribution in [0.5, 0.6) is 0 Å². The summed E-state index contributed by atoms with van der Waals surface area (Å²) in [7, 11) is 0.